The molecule has 1 heterocycles. The van der Waals surface area contributed by atoms with E-state index in [0.717, 1.165) is 11.1 Å². The van der Waals surface area contributed by atoms with Crippen LogP contribution in [0.4, 0.5) is 4.79 Å². The first kappa shape index (κ1) is 16.7. The Hall–Kier alpha value is -3.15. The van der Waals surface area contributed by atoms with Crippen molar-refractivity contribution in [3.05, 3.63) is 65.7 Å². The van der Waals surface area contributed by atoms with Crippen LogP contribution >= 0.6 is 0 Å². The van der Waals surface area contributed by atoms with Crippen molar-refractivity contribution in [1.82, 2.24) is 10.6 Å². The van der Waals surface area contributed by atoms with Gasteiger partial charge in [-0.15, -0.1) is 0 Å². The molecule has 3 amide bonds. The lowest BCUT2D eigenvalue weighted by atomic mass is 9.86. The van der Waals surface area contributed by atoms with Gasteiger partial charge in [0.1, 0.15) is 5.75 Å². The van der Waals surface area contributed by atoms with E-state index in [1.165, 1.54) is 0 Å². The van der Waals surface area contributed by atoms with Crippen LogP contribution in [0, 0.1) is 0 Å². The van der Waals surface area contributed by atoms with Gasteiger partial charge in [0, 0.05) is 6.42 Å². The number of phenols is 1. The van der Waals surface area contributed by atoms with Crippen molar-refractivity contribution in [3.63, 3.8) is 0 Å². The Bertz CT molecular complexity index is 787. The summed E-state index contributed by atoms with van der Waals surface area (Å²) in [5.74, 6) is -0.882. The van der Waals surface area contributed by atoms with E-state index in [-0.39, 0.29) is 23.9 Å². The first-order chi connectivity index (χ1) is 12.0. The van der Waals surface area contributed by atoms with E-state index in [1.807, 2.05) is 30.3 Å². The van der Waals surface area contributed by atoms with Crippen molar-refractivity contribution in [1.29, 1.82) is 0 Å². The van der Waals surface area contributed by atoms with Crippen LogP contribution in [0.3, 0.4) is 0 Å². The molecule has 2 aromatic rings. The van der Waals surface area contributed by atoms with Crippen LogP contribution in [0.15, 0.2) is 54.6 Å². The Morgan fingerprint density at radius 3 is 2.32 bits per heavy atom. The number of nitrogens with one attached hydrogen (secondary N) is 2. The van der Waals surface area contributed by atoms with Crippen molar-refractivity contribution in [3.8, 4) is 5.75 Å². The molecule has 1 unspecified atom stereocenters. The molecule has 0 spiro atoms. The Balaban J connectivity index is 1.79. The molecule has 1 saturated heterocycles. The number of amides is 3. The third-order valence-electron chi connectivity index (χ3n) is 4.23. The standard InChI is InChI=1S/C19H18N2O4/c22-15-8-6-12(7-9-15)10-14(13-4-2-1-3-5-13)11-16(23)17-18(24)21-19(25)20-17/h1-9,14,17,22H,10-11H2,(H2,20,21,24,25)/t14?,17-/m0/s1. The smallest absolute Gasteiger partial charge is 0.322 e. The minimum Gasteiger partial charge on any atom is -0.508 e. The van der Waals surface area contributed by atoms with Gasteiger partial charge in [-0.1, -0.05) is 42.5 Å². The number of benzene rings is 2. The van der Waals surface area contributed by atoms with Gasteiger partial charge in [-0.3, -0.25) is 14.9 Å². The molecular formula is C19H18N2O4. The summed E-state index contributed by atoms with van der Waals surface area (Å²) in [6.45, 7) is 0. The summed E-state index contributed by atoms with van der Waals surface area (Å²) in [7, 11) is 0. The van der Waals surface area contributed by atoms with Gasteiger partial charge in [-0.05, 0) is 35.6 Å². The van der Waals surface area contributed by atoms with Gasteiger partial charge in [0.05, 0.1) is 0 Å². The summed E-state index contributed by atoms with van der Waals surface area (Å²) < 4.78 is 0. The van der Waals surface area contributed by atoms with Crippen LogP contribution in [0.5, 0.6) is 5.75 Å². The number of hydrogen-bond donors (Lipinski definition) is 3. The third kappa shape index (κ3) is 4.03. The quantitative estimate of drug-likeness (QED) is 0.554. The summed E-state index contributed by atoms with van der Waals surface area (Å²) in [6.07, 6.45) is 0.710. The Morgan fingerprint density at radius 2 is 1.72 bits per heavy atom. The highest BCUT2D eigenvalue weighted by molar-refractivity contribution is 6.16. The minimum absolute atomic E-state index is 0.128. The maximum atomic E-state index is 12.5. The van der Waals surface area contributed by atoms with Crippen LogP contribution in [-0.2, 0) is 16.0 Å². The minimum atomic E-state index is -1.13. The highest BCUT2D eigenvalue weighted by atomic mass is 16.3. The van der Waals surface area contributed by atoms with E-state index in [4.69, 9.17) is 0 Å². The molecule has 0 saturated carbocycles. The van der Waals surface area contributed by atoms with E-state index >= 15 is 0 Å². The number of carbonyl (C=O) groups excluding carboxylic acids is 3. The Kier molecular flexibility index (Phi) is 4.79. The molecule has 3 N–H and O–H groups in total. The fourth-order valence-electron chi connectivity index (χ4n) is 2.95. The lowest BCUT2D eigenvalue weighted by Gasteiger charge is -2.18. The fourth-order valence-corrected chi connectivity index (χ4v) is 2.95. The number of Topliss-reactive ketones (excluding diaryl/α,β-unsaturated/α-hetero) is 1. The molecule has 1 fully saturated rings. The van der Waals surface area contributed by atoms with Crippen LogP contribution < -0.4 is 10.6 Å². The number of imide groups is 1. The zero-order valence-corrected chi connectivity index (χ0v) is 13.4. The highest BCUT2D eigenvalue weighted by Gasteiger charge is 2.36. The monoisotopic (exact) mass is 338 g/mol. The van der Waals surface area contributed by atoms with Crippen molar-refractivity contribution >= 4 is 17.7 Å². The normalized spacial score (nSPS) is 17.7. The van der Waals surface area contributed by atoms with Crippen molar-refractivity contribution < 1.29 is 19.5 Å². The maximum absolute atomic E-state index is 12.5. The second kappa shape index (κ2) is 7.17. The number of hydrogen-bond acceptors (Lipinski definition) is 4. The Morgan fingerprint density at radius 1 is 1.04 bits per heavy atom. The highest BCUT2D eigenvalue weighted by Crippen LogP contribution is 2.26. The summed E-state index contributed by atoms with van der Waals surface area (Å²) >= 11 is 0. The molecule has 6 heteroatoms. The second-order valence-electron chi connectivity index (χ2n) is 6.04. The van der Waals surface area contributed by atoms with Gasteiger partial charge in [0.25, 0.3) is 5.91 Å². The van der Waals surface area contributed by atoms with Crippen LogP contribution in [0.2, 0.25) is 0 Å². The topological polar surface area (TPSA) is 95.5 Å². The number of rotatable bonds is 6. The van der Waals surface area contributed by atoms with E-state index < -0.39 is 18.0 Å². The largest absolute Gasteiger partial charge is 0.508 e. The predicted octanol–water partition coefficient (Wildman–Crippen LogP) is 1.89. The van der Waals surface area contributed by atoms with Crippen LogP contribution in [-0.4, -0.2) is 28.9 Å². The SMILES string of the molecule is O=C1NC(=O)[C@H](C(=O)CC(Cc2ccc(O)cc2)c2ccccc2)N1. The first-order valence-electron chi connectivity index (χ1n) is 8.00. The summed E-state index contributed by atoms with van der Waals surface area (Å²) in [5.41, 5.74) is 1.95. The fraction of sp³-hybridized carbons (Fsp3) is 0.211. The van der Waals surface area contributed by atoms with E-state index in [2.05, 4.69) is 10.6 Å². The second-order valence-corrected chi connectivity index (χ2v) is 6.04. The molecule has 2 atom stereocenters. The number of ketones is 1. The molecule has 1 aliphatic rings. The Labute approximate surface area is 144 Å². The van der Waals surface area contributed by atoms with Gasteiger partial charge in [-0.25, -0.2) is 4.79 Å². The lowest BCUT2D eigenvalue weighted by Crippen LogP contribution is -2.38. The zero-order chi connectivity index (χ0) is 17.8. The predicted molar refractivity (Wildman–Crippen MR) is 91.1 cm³/mol. The average Bonchev–Trinajstić information content (AvgIpc) is 2.95. The van der Waals surface area contributed by atoms with E-state index in [0.29, 0.717) is 6.42 Å². The molecule has 0 bridgehead atoms. The molecule has 0 aromatic heterocycles. The van der Waals surface area contributed by atoms with Gasteiger partial charge in [-0.2, -0.15) is 0 Å². The van der Waals surface area contributed by atoms with E-state index in [9.17, 15) is 19.5 Å². The van der Waals surface area contributed by atoms with Gasteiger partial charge < -0.3 is 10.4 Å². The molecular weight excluding hydrogens is 320 g/mol. The molecule has 0 aliphatic carbocycles. The van der Waals surface area contributed by atoms with Crippen LogP contribution in [0.1, 0.15) is 23.5 Å². The molecule has 2 aromatic carbocycles. The summed E-state index contributed by atoms with van der Waals surface area (Å²) in [4.78, 5) is 35.4. The summed E-state index contributed by atoms with van der Waals surface area (Å²) in [6, 6.07) is 14.6. The first-order valence-corrected chi connectivity index (χ1v) is 8.00. The summed E-state index contributed by atoms with van der Waals surface area (Å²) in [5, 5.41) is 13.8. The molecule has 25 heavy (non-hydrogen) atoms. The van der Waals surface area contributed by atoms with E-state index in [1.54, 1.807) is 24.3 Å². The molecule has 3 rings (SSSR count). The number of carbonyl (C=O) groups is 3. The van der Waals surface area contributed by atoms with Gasteiger partial charge in [0.2, 0.25) is 0 Å². The lowest BCUT2D eigenvalue weighted by molar-refractivity contribution is -0.128. The average molecular weight is 338 g/mol. The maximum Gasteiger partial charge on any atom is 0.322 e. The third-order valence-corrected chi connectivity index (χ3v) is 4.23. The number of phenolic OH excluding ortho intramolecular Hbond substituents is 1. The molecule has 0 radical (unpaired) electrons. The molecule has 128 valence electrons. The van der Waals surface area contributed by atoms with Gasteiger partial charge >= 0.3 is 6.03 Å². The van der Waals surface area contributed by atoms with Gasteiger partial charge in [0.15, 0.2) is 11.8 Å². The molecule has 6 nitrogen and oxygen atoms in total. The van der Waals surface area contributed by atoms with Crippen molar-refractivity contribution in [2.75, 3.05) is 0 Å². The van der Waals surface area contributed by atoms with Crippen LogP contribution in [0.25, 0.3) is 0 Å². The zero-order valence-electron chi connectivity index (χ0n) is 13.4. The number of aromatic hydroxyl groups is 1. The number of urea groups is 1. The molecule has 1 aliphatic heterocycles. The van der Waals surface area contributed by atoms with Crippen molar-refractivity contribution in [2.45, 2.75) is 24.8 Å². The van der Waals surface area contributed by atoms with Crippen molar-refractivity contribution in [2.24, 2.45) is 0 Å².